The van der Waals surface area contributed by atoms with Crippen LogP contribution in [0.15, 0.2) is 67.0 Å². The van der Waals surface area contributed by atoms with Gasteiger partial charge in [0.15, 0.2) is 5.15 Å². The molecule has 0 saturated heterocycles. The minimum atomic E-state index is -0.509. The average Bonchev–Trinajstić information content (AvgIpc) is 2.69. The van der Waals surface area contributed by atoms with Crippen LogP contribution in [0.25, 0.3) is 22.2 Å². The predicted molar refractivity (Wildman–Crippen MR) is 105 cm³/mol. The lowest BCUT2D eigenvalue weighted by Crippen LogP contribution is -2.13. The molecule has 1 amide bonds. The number of nitrogens with zero attached hydrogens (tertiary/aromatic N) is 3. The number of carbonyl (C=O) groups excluding carboxylic acids is 1. The number of benzene rings is 2. The van der Waals surface area contributed by atoms with Crippen LogP contribution in [-0.4, -0.2) is 20.9 Å². The Balaban J connectivity index is 1.82. The van der Waals surface area contributed by atoms with E-state index in [0.29, 0.717) is 22.1 Å². The number of hydrogen-bond acceptors (Lipinski definition) is 4. The van der Waals surface area contributed by atoms with Gasteiger partial charge in [-0.15, -0.1) is 0 Å². The molecule has 0 bridgehead atoms. The monoisotopic (exact) mass is 373 g/mol. The Bertz CT molecular complexity index is 1150. The number of pyridine rings is 1. The fourth-order valence-electron chi connectivity index (χ4n) is 2.86. The van der Waals surface area contributed by atoms with Crippen molar-refractivity contribution in [3.8, 4) is 11.3 Å². The zero-order chi connectivity index (χ0) is 18.8. The third kappa shape index (κ3) is 3.50. The van der Waals surface area contributed by atoms with Gasteiger partial charge < -0.3 is 5.73 Å². The normalized spacial score (nSPS) is 10.9. The van der Waals surface area contributed by atoms with Gasteiger partial charge in [0.05, 0.1) is 22.5 Å². The molecule has 6 heteroatoms. The van der Waals surface area contributed by atoms with Crippen LogP contribution in [0.5, 0.6) is 0 Å². The summed E-state index contributed by atoms with van der Waals surface area (Å²) in [5, 5.41) is 1.16. The molecule has 2 N–H and O–H groups in total. The highest BCUT2D eigenvalue weighted by Gasteiger charge is 2.14. The van der Waals surface area contributed by atoms with E-state index >= 15 is 0 Å². The molecule has 0 aliphatic carbocycles. The van der Waals surface area contributed by atoms with E-state index in [9.17, 15) is 4.79 Å². The molecule has 0 aliphatic rings. The highest BCUT2D eigenvalue weighted by Crippen LogP contribution is 2.27. The van der Waals surface area contributed by atoms with Crippen molar-refractivity contribution in [1.82, 2.24) is 15.0 Å². The second kappa shape index (κ2) is 7.13. The largest absolute Gasteiger partial charge is 0.366 e. The van der Waals surface area contributed by atoms with E-state index in [1.54, 1.807) is 18.5 Å². The molecule has 0 fully saturated rings. The summed E-state index contributed by atoms with van der Waals surface area (Å²) < 4.78 is 0. The van der Waals surface area contributed by atoms with Crippen LogP contribution < -0.4 is 5.73 Å². The first kappa shape index (κ1) is 17.1. The van der Waals surface area contributed by atoms with E-state index in [0.717, 1.165) is 22.0 Å². The summed E-state index contributed by atoms with van der Waals surface area (Å²) in [6.07, 6.45) is 4.96. The van der Waals surface area contributed by atoms with Gasteiger partial charge in [0.25, 0.3) is 5.91 Å². The summed E-state index contributed by atoms with van der Waals surface area (Å²) in [5.41, 5.74) is 9.56. The maximum absolute atomic E-state index is 11.9. The molecule has 4 rings (SSSR count). The van der Waals surface area contributed by atoms with Crippen molar-refractivity contribution in [1.29, 1.82) is 0 Å². The van der Waals surface area contributed by atoms with Crippen LogP contribution in [0.4, 0.5) is 0 Å². The van der Waals surface area contributed by atoms with Crippen molar-refractivity contribution in [2.75, 3.05) is 0 Å². The van der Waals surface area contributed by atoms with E-state index in [4.69, 9.17) is 22.3 Å². The van der Waals surface area contributed by atoms with Crippen LogP contribution in [-0.2, 0) is 0 Å². The van der Waals surface area contributed by atoms with Crippen LogP contribution >= 0.6 is 11.6 Å². The maximum Gasteiger partial charge on any atom is 0.250 e. The molecule has 0 spiro atoms. The second-order valence-corrected chi connectivity index (χ2v) is 6.30. The van der Waals surface area contributed by atoms with Gasteiger partial charge in [0, 0.05) is 29.8 Å². The lowest BCUT2D eigenvalue weighted by molar-refractivity contribution is 0.100. The van der Waals surface area contributed by atoms with Crippen molar-refractivity contribution in [3.05, 3.63) is 95.4 Å². The Labute approximate surface area is 160 Å². The standard InChI is InChI=1S/C21H14ClN4O/c22-20-18(24-8-9-25-20)11-13-6-7-15-12-16(21(23)27)19(26-17(15)10-13)14-4-2-1-3-5-14/h1-12H,(H2,23,27). The van der Waals surface area contributed by atoms with Gasteiger partial charge in [-0.1, -0.05) is 54.1 Å². The highest BCUT2D eigenvalue weighted by atomic mass is 35.5. The first-order chi connectivity index (χ1) is 13.1. The Morgan fingerprint density at radius 1 is 1.00 bits per heavy atom. The van der Waals surface area contributed by atoms with Gasteiger partial charge in [0.2, 0.25) is 0 Å². The van der Waals surface area contributed by atoms with Crippen molar-refractivity contribution in [2.24, 2.45) is 5.73 Å². The minimum absolute atomic E-state index is 0.333. The van der Waals surface area contributed by atoms with Crippen LogP contribution in [0, 0.1) is 6.42 Å². The number of amides is 1. The van der Waals surface area contributed by atoms with Crippen molar-refractivity contribution in [2.45, 2.75) is 0 Å². The summed E-state index contributed by atoms with van der Waals surface area (Å²) in [5.74, 6) is -0.509. The van der Waals surface area contributed by atoms with E-state index in [1.807, 2.05) is 55.0 Å². The SMILES string of the molecule is NC(=O)c1cc2ccc([CH]c3nccnc3Cl)cc2nc1-c1ccccc1. The average molecular weight is 374 g/mol. The molecule has 27 heavy (non-hydrogen) atoms. The number of halogens is 1. The third-order valence-electron chi connectivity index (χ3n) is 4.14. The third-order valence-corrected chi connectivity index (χ3v) is 4.43. The number of hydrogen-bond donors (Lipinski definition) is 1. The van der Waals surface area contributed by atoms with E-state index in [-0.39, 0.29) is 0 Å². The van der Waals surface area contributed by atoms with Gasteiger partial charge in [-0.05, 0) is 17.7 Å². The summed E-state index contributed by atoms with van der Waals surface area (Å²) >= 11 is 6.08. The Morgan fingerprint density at radius 2 is 1.78 bits per heavy atom. The lowest BCUT2D eigenvalue weighted by Gasteiger charge is -2.10. The number of rotatable bonds is 4. The van der Waals surface area contributed by atoms with E-state index in [2.05, 4.69) is 9.97 Å². The zero-order valence-corrected chi connectivity index (χ0v) is 14.9. The van der Waals surface area contributed by atoms with Crippen LogP contribution in [0.2, 0.25) is 5.15 Å². The van der Waals surface area contributed by atoms with Crippen molar-refractivity contribution < 1.29 is 4.79 Å². The van der Waals surface area contributed by atoms with Crippen molar-refractivity contribution >= 4 is 28.4 Å². The number of carbonyl (C=O) groups is 1. The molecule has 0 saturated carbocycles. The minimum Gasteiger partial charge on any atom is -0.366 e. The summed E-state index contributed by atoms with van der Waals surface area (Å²) in [7, 11) is 0. The van der Waals surface area contributed by atoms with E-state index < -0.39 is 5.91 Å². The highest BCUT2D eigenvalue weighted by molar-refractivity contribution is 6.30. The molecule has 0 unspecified atom stereocenters. The second-order valence-electron chi connectivity index (χ2n) is 5.94. The molecule has 2 heterocycles. The quantitative estimate of drug-likeness (QED) is 0.585. The molecule has 131 valence electrons. The fourth-order valence-corrected chi connectivity index (χ4v) is 3.02. The molecule has 5 nitrogen and oxygen atoms in total. The molecule has 2 aromatic carbocycles. The van der Waals surface area contributed by atoms with Gasteiger partial charge in [-0.3, -0.25) is 9.78 Å². The first-order valence-corrected chi connectivity index (χ1v) is 8.61. The molecule has 0 atom stereocenters. The fraction of sp³-hybridized carbons (Fsp3) is 0. The Kier molecular flexibility index (Phi) is 4.52. The summed E-state index contributed by atoms with van der Waals surface area (Å²) in [4.78, 5) is 24.9. The molecule has 1 radical (unpaired) electrons. The predicted octanol–water partition coefficient (Wildman–Crippen LogP) is 4.04. The summed E-state index contributed by atoms with van der Waals surface area (Å²) in [6, 6.07) is 17.0. The zero-order valence-electron chi connectivity index (χ0n) is 14.1. The van der Waals surface area contributed by atoms with E-state index in [1.165, 1.54) is 0 Å². The Hall–Kier alpha value is -3.31. The number of primary amides is 1. The smallest absolute Gasteiger partial charge is 0.250 e. The topological polar surface area (TPSA) is 81.8 Å². The van der Waals surface area contributed by atoms with Gasteiger partial charge in [-0.25, -0.2) is 9.97 Å². The van der Waals surface area contributed by atoms with Gasteiger partial charge in [-0.2, -0.15) is 0 Å². The van der Waals surface area contributed by atoms with Crippen molar-refractivity contribution in [3.63, 3.8) is 0 Å². The molecule has 4 aromatic rings. The molecular formula is C21H14ClN4O. The lowest BCUT2D eigenvalue weighted by atomic mass is 10.0. The number of fused-ring (bicyclic) bond motifs is 1. The number of aromatic nitrogens is 3. The summed E-state index contributed by atoms with van der Waals surface area (Å²) in [6.45, 7) is 0. The van der Waals surface area contributed by atoms with Gasteiger partial charge >= 0.3 is 0 Å². The molecular weight excluding hydrogens is 360 g/mol. The number of nitrogens with two attached hydrogens (primary N) is 1. The van der Waals surface area contributed by atoms with Crippen LogP contribution in [0.3, 0.4) is 0 Å². The molecule has 2 aromatic heterocycles. The first-order valence-electron chi connectivity index (χ1n) is 8.23. The maximum atomic E-state index is 11.9. The Morgan fingerprint density at radius 3 is 2.52 bits per heavy atom. The molecule has 0 aliphatic heterocycles. The van der Waals surface area contributed by atoms with Crippen LogP contribution in [0.1, 0.15) is 21.6 Å². The van der Waals surface area contributed by atoms with Gasteiger partial charge in [0.1, 0.15) is 0 Å².